The fraction of sp³-hybridized carbons (Fsp3) is 0.903. The highest BCUT2D eigenvalue weighted by molar-refractivity contribution is 7.51. The van der Waals surface area contributed by atoms with Gasteiger partial charge in [-0.15, -0.1) is 0 Å². The first-order valence-electron chi connectivity index (χ1n) is 16.0. The van der Waals surface area contributed by atoms with Gasteiger partial charge in [0.2, 0.25) is 6.79 Å². The predicted octanol–water partition coefficient (Wildman–Crippen LogP) is 4.10. The van der Waals surface area contributed by atoms with Crippen molar-refractivity contribution in [2.45, 2.75) is 110 Å². The topological polar surface area (TPSA) is 188 Å². The molecule has 4 fully saturated rings. The van der Waals surface area contributed by atoms with Crippen LogP contribution in [0.15, 0.2) is 0 Å². The number of fused-ring (bicyclic) bond motifs is 5. The summed E-state index contributed by atoms with van der Waals surface area (Å²) < 4.78 is 21.1. The molecule has 4 saturated carbocycles. The number of esters is 2. The van der Waals surface area contributed by atoms with Gasteiger partial charge in [0.25, 0.3) is 0 Å². The summed E-state index contributed by atoms with van der Waals surface area (Å²) in [5, 5.41) is 31.1. The van der Waals surface area contributed by atoms with Crippen LogP contribution in [0.5, 0.6) is 0 Å². The zero-order chi connectivity index (χ0) is 31.7. The minimum Gasteiger partial charge on any atom is -0.481 e. The van der Waals surface area contributed by atoms with Crippen LogP contribution in [0, 0.1) is 52.3 Å². The van der Waals surface area contributed by atoms with Crippen molar-refractivity contribution in [1.82, 2.24) is 0 Å². The standard InChI is InChI=1S/C31H51O11P/c1-18(6-8-26(34)41-17-42-27(35)9-7-19(29(36)37)16-43(38,39)40)22-14-20-13-21(32)10-12-30(20,2)24-15-25(33)31(3)11-4-5-23(31)28(22)24/h18-25,28,32-33H,4-17H2,1-3H3,(H,36,37)(H2,38,39,40)/t18-,19?,20?,21-,22?,23?,24?,25+,28?,30+,31-/m1/s1. The van der Waals surface area contributed by atoms with Crippen LogP contribution in [0.25, 0.3) is 0 Å². The third kappa shape index (κ3) is 7.66. The van der Waals surface area contributed by atoms with Crippen LogP contribution in [0.4, 0.5) is 0 Å². The molecule has 0 saturated heterocycles. The third-order valence-corrected chi connectivity index (χ3v) is 13.0. The van der Waals surface area contributed by atoms with Crippen molar-refractivity contribution in [2.75, 3.05) is 13.0 Å². The van der Waals surface area contributed by atoms with Crippen LogP contribution in [-0.4, -0.2) is 68.2 Å². The van der Waals surface area contributed by atoms with Crippen LogP contribution in [0.1, 0.15) is 97.8 Å². The Balaban J connectivity index is 1.31. The van der Waals surface area contributed by atoms with Crippen molar-refractivity contribution in [3.05, 3.63) is 0 Å². The summed E-state index contributed by atoms with van der Waals surface area (Å²) in [7, 11) is -4.55. The minimum absolute atomic E-state index is 0.0698. The van der Waals surface area contributed by atoms with E-state index in [-0.39, 0.29) is 48.2 Å². The van der Waals surface area contributed by atoms with Gasteiger partial charge in [-0.2, -0.15) is 0 Å². The molecular formula is C31H51O11P. The van der Waals surface area contributed by atoms with Crippen molar-refractivity contribution >= 4 is 25.5 Å². The van der Waals surface area contributed by atoms with E-state index >= 15 is 0 Å². The van der Waals surface area contributed by atoms with E-state index in [1.54, 1.807) is 0 Å². The number of carbonyl (C=O) groups excluding carboxylic acids is 2. The highest BCUT2D eigenvalue weighted by Crippen LogP contribution is 2.68. The van der Waals surface area contributed by atoms with E-state index in [4.69, 9.17) is 24.4 Å². The van der Waals surface area contributed by atoms with Crippen LogP contribution in [0.3, 0.4) is 0 Å². The number of rotatable bonds is 12. The molecule has 4 aliphatic rings. The lowest BCUT2D eigenvalue weighted by molar-refractivity contribution is -0.188. The maximum Gasteiger partial charge on any atom is 0.326 e. The van der Waals surface area contributed by atoms with E-state index in [0.717, 1.165) is 51.4 Å². The van der Waals surface area contributed by atoms with E-state index in [9.17, 15) is 29.2 Å². The predicted molar refractivity (Wildman–Crippen MR) is 155 cm³/mol. The molecule has 0 heterocycles. The lowest BCUT2D eigenvalue weighted by Gasteiger charge is -2.64. The molecule has 0 aromatic rings. The molecule has 43 heavy (non-hydrogen) atoms. The molecule has 0 radical (unpaired) electrons. The lowest BCUT2D eigenvalue weighted by Crippen LogP contribution is -2.60. The van der Waals surface area contributed by atoms with Gasteiger partial charge in [-0.1, -0.05) is 27.2 Å². The first-order valence-corrected chi connectivity index (χ1v) is 17.8. The zero-order valence-electron chi connectivity index (χ0n) is 25.7. The third-order valence-electron chi connectivity index (χ3n) is 12.1. The first kappa shape index (κ1) is 34.4. The van der Waals surface area contributed by atoms with E-state index in [0.29, 0.717) is 36.0 Å². The van der Waals surface area contributed by atoms with Crippen LogP contribution >= 0.6 is 7.60 Å². The Bertz CT molecular complexity index is 1080. The maximum atomic E-state index is 12.6. The maximum absolute atomic E-state index is 12.6. The van der Waals surface area contributed by atoms with Crippen molar-refractivity contribution in [3.63, 3.8) is 0 Å². The van der Waals surface area contributed by atoms with E-state index < -0.39 is 44.4 Å². The van der Waals surface area contributed by atoms with E-state index in [2.05, 4.69) is 20.8 Å². The Kier molecular flexibility index (Phi) is 10.7. The average Bonchev–Trinajstić information content (AvgIpc) is 3.32. The molecule has 0 aliphatic heterocycles. The lowest BCUT2D eigenvalue weighted by atomic mass is 9.41. The van der Waals surface area contributed by atoms with Crippen molar-refractivity contribution < 1.29 is 53.5 Å². The van der Waals surface area contributed by atoms with Crippen molar-refractivity contribution in [1.29, 1.82) is 0 Å². The normalized spacial score (nSPS) is 38.6. The number of aliphatic carboxylic acids is 1. The molecule has 0 spiro atoms. The smallest absolute Gasteiger partial charge is 0.326 e. The van der Waals surface area contributed by atoms with E-state index in [1.165, 1.54) is 0 Å². The second-order valence-corrected chi connectivity index (χ2v) is 16.3. The molecular weight excluding hydrogens is 579 g/mol. The Morgan fingerprint density at radius 2 is 1.56 bits per heavy atom. The molecule has 0 aromatic heterocycles. The summed E-state index contributed by atoms with van der Waals surface area (Å²) in [5.74, 6) is -1.80. The molecule has 246 valence electrons. The molecule has 11 nitrogen and oxygen atoms in total. The van der Waals surface area contributed by atoms with Crippen LogP contribution < -0.4 is 0 Å². The number of carbonyl (C=O) groups is 3. The van der Waals surface area contributed by atoms with Gasteiger partial charge in [0, 0.05) is 12.8 Å². The van der Waals surface area contributed by atoms with Crippen LogP contribution in [0.2, 0.25) is 0 Å². The quantitative estimate of drug-likeness (QED) is 0.119. The molecule has 12 heteroatoms. The highest BCUT2D eigenvalue weighted by atomic mass is 31.2. The van der Waals surface area contributed by atoms with Gasteiger partial charge in [-0.25, -0.2) is 0 Å². The van der Waals surface area contributed by atoms with Gasteiger partial charge in [-0.3, -0.25) is 18.9 Å². The van der Waals surface area contributed by atoms with E-state index in [1.807, 2.05) is 0 Å². The first-order chi connectivity index (χ1) is 20.0. The van der Waals surface area contributed by atoms with Crippen molar-refractivity contribution in [2.24, 2.45) is 52.3 Å². The highest BCUT2D eigenvalue weighted by Gasteiger charge is 2.63. The summed E-state index contributed by atoms with van der Waals surface area (Å²) in [6.45, 7) is 6.26. The number of carboxylic acid groups (broad SMARTS) is 1. The van der Waals surface area contributed by atoms with Gasteiger partial charge >= 0.3 is 25.5 Å². The van der Waals surface area contributed by atoms with Gasteiger partial charge in [-0.05, 0) is 104 Å². The molecule has 0 amide bonds. The Morgan fingerprint density at radius 1 is 0.907 bits per heavy atom. The van der Waals surface area contributed by atoms with Gasteiger partial charge in [0.15, 0.2) is 0 Å². The molecule has 0 aromatic carbocycles. The fourth-order valence-electron chi connectivity index (χ4n) is 9.60. The minimum atomic E-state index is -4.55. The monoisotopic (exact) mass is 630 g/mol. The Labute approximate surface area is 254 Å². The second kappa shape index (κ2) is 13.5. The van der Waals surface area contributed by atoms with Gasteiger partial charge in [0.1, 0.15) is 0 Å². The number of aliphatic hydroxyl groups excluding tert-OH is 2. The Hall–Kier alpha value is -1.52. The number of aliphatic hydroxyl groups is 2. The molecule has 6 unspecified atom stereocenters. The van der Waals surface area contributed by atoms with Gasteiger partial charge < -0.3 is 34.6 Å². The van der Waals surface area contributed by atoms with Crippen molar-refractivity contribution in [3.8, 4) is 0 Å². The molecule has 5 N–H and O–H groups in total. The summed E-state index contributed by atoms with van der Waals surface area (Å²) in [6.07, 6.45) is 6.37. The summed E-state index contributed by atoms with van der Waals surface area (Å²) in [6, 6.07) is 0. The summed E-state index contributed by atoms with van der Waals surface area (Å²) in [5.41, 5.74) is 0.0355. The number of hydrogen-bond acceptors (Lipinski definition) is 8. The average molecular weight is 631 g/mol. The Morgan fingerprint density at radius 3 is 2.19 bits per heavy atom. The largest absolute Gasteiger partial charge is 0.481 e. The van der Waals surface area contributed by atoms with Gasteiger partial charge in [0.05, 0.1) is 24.3 Å². The zero-order valence-corrected chi connectivity index (χ0v) is 26.6. The molecule has 0 bridgehead atoms. The SMILES string of the molecule is C[C@H](CCC(=O)OCOC(=O)CCC(CP(=O)(O)O)C(=O)O)C1CC2C[C@H](O)CC[C@]2(C)C2C[C@H](O)[C@]3(C)CCCC3C12. The molecule has 11 atom stereocenters. The van der Waals surface area contributed by atoms with Crippen LogP contribution in [-0.2, 0) is 28.4 Å². The number of ether oxygens (including phenoxy) is 2. The molecule has 4 aliphatic carbocycles. The molecule has 4 rings (SSSR count). The number of carboxylic acids is 1. The number of hydrogen-bond donors (Lipinski definition) is 5. The summed E-state index contributed by atoms with van der Waals surface area (Å²) in [4.78, 5) is 53.8. The fourth-order valence-corrected chi connectivity index (χ4v) is 10.5. The summed E-state index contributed by atoms with van der Waals surface area (Å²) >= 11 is 0. The second-order valence-electron chi connectivity index (χ2n) is 14.6.